The first kappa shape index (κ1) is 10.7. The highest BCUT2D eigenvalue weighted by atomic mass is 19.2. The normalized spacial score (nSPS) is 12.8. The Morgan fingerprint density at radius 1 is 1.25 bits per heavy atom. The van der Waals surface area contributed by atoms with Crippen molar-refractivity contribution in [2.24, 2.45) is 5.73 Å². The van der Waals surface area contributed by atoms with Gasteiger partial charge >= 0.3 is 0 Å². The molecule has 1 aromatic heterocycles. The summed E-state index contributed by atoms with van der Waals surface area (Å²) in [5.74, 6) is -1.51. The maximum Gasteiger partial charge on any atom is 0.247 e. The van der Waals surface area contributed by atoms with Gasteiger partial charge in [-0.25, -0.2) is 8.78 Å². The van der Waals surface area contributed by atoms with Gasteiger partial charge in [-0.3, -0.25) is 0 Å². The van der Waals surface area contributed by atoms with Gasteiger partial charge in [0.1, 0.15) is 0 Å². The van der Waals surface area contributed by atoms with E-state index in [-0.39, 0.29) is 11.8 Å². The Bertz CT molecular complexity index is 511. The molecule has 0 aliphatic rings. The second kappa shape index (κ2) is 3.97. The highest BCUT2D eigenvalue weighted by Crippen LogP contribution is 2.21. The number of nitrogens with two attached hydrogens (primary N) is 1. The first-order valence-corrected chi connectivity index (χ1v) is 4.62. The first-order chi connectivity index (χ1) is 7.58. The van der Waals surface area contributed by atoms with Gasteiger partial charge in [0.2, 0.25) is 11.8 Å². The summed E-state index contributed by atoms with van der Waals surface area (Å²) in [6, 6.07) is 2.96. The molecule has 1 aromatic carbocycles. The van der Waals surface area contributed by atoms with Crippen LogP contribution in [0.4, 0.5) is 8.78 Å². The van der Waals surface area contributed by atoms with Crippen LogP contribution < -0.4 is 5.73 Å². The van der Waals surface area contributed by atoms with Crippen molar-refractivity contribution >= 4 is 0 Å². The van der Waals surface area contributed by atoms with Crippen molar-refractivity contribution in [2.45, 2.75) is 13.0 Å². The van der Waals surface area contributed by atoms with Crippen molar-refractivity contribution in [1.82, 2.24) is 10.2 Å². The van der Waals surface area contributed by atoms with Crippen LogP contribution in [-0.2, 0) is 0 Å². The molecule has 0 saturated carbocycles. The first-order valence-electron chi connectivity index (χ1n) is 4.62. The largest absolute Gasteiger partial charge is 0.419 e. The molecule has 0 saturated heterocycles. The molecule has 0 bridgehead atoms. The lowest BCUT2D eigenvalue weighted by atomic mass is 10.2. The molecule has 4 nitrogen and oxygen atoms in total. The molecule has 1 unspecified atom stereocenters. The van der Waals surface area contributed by atoms with Gasteiger partial charge in [0.25, 0.3) is 0 Å². The molecule has 0 spiro atoms. The van der Waals surface area contributed by atoms with Crippen LogP contribution in [0.2, 0.25) is 0 Å². The standard InChI is InChI=1S/C10H9F2N3O/c1-5(13)9-14-15-10(16-9)6-2-3-7(11)8(12)4-6/h2-5H,13H2,1H3. The van der Waals surface area contributed by atoms with E-state index in [4.69, 9.17) is 10.2 Å². The van der Waals surface area contributed by atoms with Crippen molar-refractivity contribution in [3.63, 3.8) is 0 Å². The highest BCUT2D eigenvalue weighted by molar-refractivity contribution is 5.52. The summed E-state index contributed by atoms with van der Waals surface area (Å²) in [6.45, 7) is 1.68. The van der Waals surface area contributed by atoms with Gasteiger partial charge in [-0.05, 0) is 25.1 Å². The fraction of sp³-hybridized carbons (Fsp3) is 0.200. The monoisotopic (exact) mass is 225 g/mol. The third kappa shape index (κ3) is 1.92. The van der Waals surface area contributed by atoms with E-state index < -0.39 is 17.7 Å². The SMILES string of the molecule is CC(N)c1nnc(-c2ccc(F)c(F)c2)o1. The Balaban J connectivity index is 2.39. The van der Waals surface area contributed by atoms with Crippen LogP contribution in [0.15, 0.2) is 22.6 Å². The zero-order valence-electron chi connectivity index (χ0n) is 8.45. The molecule has 2 rings (SSSR count). The van der Waals surface area contributed by atoms with E-state index in [1.54, 1.807) is 6.92 Å². The second-order valence-electron chi connectivity index (χ2n) is 3.36. The van der Waals surface area contributed by atoms with Crippen molar-refractivity contribution in [3.05, 3.63) is 35.7 Å². The predicted octanol–water partition coefficient (Wildman–Crippen LogP) is 2.03. The third-order valence-corrected chi connectivity index (χ3v) is 2.00. The van der Waals surface area contributed by atoms with Gasteiger partial charge in [0.05, 0.1) is 6.04 Å². The Morgan fingerprint density at radius 3 is 2.56 bits per heavy atom. The van der Waals surface area contributed by atoms with E-state index >= 15 is 0 Å². The zero-order valence-corrected chi connectivity index (χ0v) is 8.45. The average molecular weight is 225 g/mol. The molecule has 0 radical (unpaired) electrons. The van der Waals surface area contributed by atoms with Crippen LogP contribution in [0.5, 0.6) is 0 Å². The molecular weight excluding hydrogens is 216 g/mol. The molecule has 0 aliphatic carbocycles. The van der Waals surface area contributed by atoms with Crippen LogP contribution in [0, 0.1) is 11.6 Å². The molecule has 0 aliphatic heterocycles. The summed E-state index contributed by atoms with van der Waals surface area (Å²) in [7, 11) is 0. The molecule has 0 amide bonds. The lowest BCUT2D eigenvalue weighted by Crippen LogP contribution is -2.04. The van der Waals surface area contributed by atoms with Gasteiger partial charge in [-0.2, -0.15) is 0 Å². The van der Waals surface area contributed by atoms with E-state index in [2.05, 4.69) is 10.2 Å². The number of hydrogen-bond acceptors (Lipinski definition) is 4. The Hall–Kier alpha value is -1.82. The van der Waals surface area contributed by atoms with E-state index in [9.17, 15) is 8.78 Å². The molecular formula is C10H9F2N3O. The van der Waals surface area contributed by atoms with Crippen LogP contribution >= 0.6 is 0 Å². The number of nitrogens with zero attached hydrogens (tertiary/aromatic N) is 2. The summed E-state index contributed by atoms with van der Waals surface area (Å²) in [6.07, 6.45) is 0. The van der Waals surface area contributed by atoms with E-state index in [1.165, 1.54) is 6.07 Å². The van der Waals surface area contributed by atoms with E-state index in [0.717, 1.165) is 12.1 Å². The molecule has 1 atom stereocenters. The summed E-state index contributed by atoms with van der Waals surface area (Å²) in [4.78, 5) is 0. The van der Waals surface area contributed by atoms with Crippen LogP contribution in [0.3, 0.4) is 0 Å². The lowest BCUT2D eigenvalue weighted by Gasteiger charge is -1.97. The molecule has 2 aromatic rings. The fourth-order valence-corrected chi connectivity index (χ4v) is 1.16. The van der Waals surface area contributed by atoms with Gasteiger partial charge < -0.3 is 10.2 Å². The lowest BCUT2D eigenvalue weighted by molar-refractivity contribution is 0.472. The summed E-state index contributed by atoms with van der Waals surface area (Å²) in [5, 5.41) is 7.38. The topological polar surface area (TPSA) is 64.9 Å². The molecule has 6 heteroatoms. The summed E-state index contributed by atoms with van der Waals surface area (Å²) < 4.78 is 30.8. The van der Waals surface area contributed by atoms with E-state index in [1.807, 2.05) is 0 Å². The fourth-order valence-electron chi connectivity index (χ4n) is 1.16. The van der Waals surface area contributed by atoms with E-state index in [0.29, 0.717) is 5.56 Å². The second-order valence-corrected chi connectivity index (χ2v) is 3.36. The van der Waals surface area contributed by atoms with Crippen molar-refractivity contribution in [1.29, 1.82) is 0 Å². The van der Waals surface area contributed by atoms with Crippen LogP contribution in [-0.4, -0.2) is 10.2 Å². The minimum Gasteiger partial charge on any atom is -0.419 e. The number of rotatable bonds is 2. The number of hydrogen-bond donors (Lipinski definition) is 1. The van der Waals surface area contributed by atoms with Gasteiger partial charge in [-0.15, -0.1) is 10.2 Å². The third-order valence-electron chi connectivity index (χ3n) is 2.00. The van der Waals surface area contributed by atoms with Gasteiger partial charge in [0.15, 0.2) is 11.6 Å². The zero-order chi connectivity index (χ0) is 11.7. The minimum atomic E-state index is -0.960. The summed E-state index contributed by atoms with van der Waals surface area (Å²) in [5.41, 5.74) is 5.85. The number of halogens is 2. The minimum absolute atomic E-state index is 0.117. The quantitative estimate of drug-likeness (QED) is 0.849. The molecule has 0 fully saturated rings. The Labute approximate surface area is 90.1 Å². The Kier molecular flexibility index (Phi) is 2.66. The average Bonchev–Trinajstić information content (AvgIpc) is 2.71. The molecule has 84 valence electrons. The summed E-state index contributed by atoms with van der Waals surface area (Å²) >= 11 is 0. The maximum atomic E-state index is 12.9. The van der Waals surface area contributed by atoms with Crippen molar-refractivity contribution in [3.8, 4) is 11.5 Å². The molecule has 16 heavy (non-hydrogen) atoms. The van der Waals surface area contributed by atoms with Gasteiger partial charge in [-0.1, -0.05) is 0 Å². The van der Waals surface area contributed by atoms with Crippen LogP contribution in [0.25, 0.3) is 11.5 Å². The Morgan fingerprint density at radius 2 is 2.00 bits per heavy atom. The van der Waals surface area contributed by atoms with Crippen molar-refractivity contribution < 1.29 is 13.2 Å². The number of benzene rings is 1. The molecule has 1 heterocycles. The molecule has 2 N–H and O–H groups in total. The van der Waals surface area contributed by atoms with Crippen molar-refractivity contribution in [2.75, 3.05) is 0 Å². The smallest absolute Gasteiger partial charge is 0.247 e. The highest BCUT2D eigenvalue weighted by Gasteiger charge is 2.13. The van der Waals surface area contributed by atoms with Crippen LogP contribution in [0.1, 0.15) is 18.9 Å². The predicted molar refractivity (Wildman–Crippen MR) is 52.3 cm³/mol. The number of aromatic nitrogens is 2. The van der Waals surface area contributed by atoms with Gasteiger partial charge in [0, 0.05) is 5.56 Å². The maximum absolute atomic E-state index is 12.9.